The molecule has 3 aromatic carbocycles. The van der Waals surface area contributed by atoms with E-state index >= 15 is 0 Å². The van der Waals surface area contributed by atoms with Crippen LogP contribution in [-0.2, 0) is 10.0 Å². The van der Waals surface area contributed by atoms with Crippen LogP contribution in [0.25, 0.3) is 11.1 Å². The molecule has 0 spiro atoms. The molecule has 0 radical (unpaired) electrons. The molecule has 0 bridgehead atoms. The lowest BCUT2D eigenvalue weighted by Gasteiger charge is -2.07. The molecule has 4 rings (SSSR count). The molecule has 4 aromatic rings. The molecule has 0 aliphatic carbocycles. The molecule has 2 N–H and O–H groups in total. The van der Waals surface area contributed by atoms with E-state index in [1.165, 1.54) is 19.1 Å². The first-order valence-electron chi connectivity index (χ1n) is 10.4. The fourth-order valence-corrected chi connectivity index (χ4v) is 4.68. The highest BCUT2D eigenvalue weighted by molar-refractivity contribution is 7.90. The van der Waals surface area contributed by atoms with Crippen LogP contribution in [0.4, 0.5) is 5.69 Å². The second-order valence-electron chi connectivity index (χ2n) is 7.68. The summed E-state index contributed by atoms with van der Waals surface area (Å²) in [7, 11) is -4.10. The predicted octanol–water partition coefficient (Wildman–Crippen LogP) is 4.93. The van der Waals surface area contributed by atoms with Crippen LogP contribution in [0.1, 0.15) is 32.2 Å². The van der Waals surface area contributed by atoms with Crippen LogP contribution in [0.15, 0.2) is 94.2 Å². The summed E-state index contributed by atoms with van der Waals surface area (Å²) in [5.74, 6) is -1.52. The third-order valence-corrected chi connectivity index (χ3v) is 6.74. The third-order valence-electron chi connectivity index (χ3n) is 5.25. The van der Waals surface area contributed by atoms with Gasteiger partial charge in [-0.25, -0.2) is 13.1 Å². The first-order chi connectivity index (χ1) is 16.2. The van der Waals surface area contributed by atoms with E-state index in [9.17, 15) is 18.0 Å². The fraction of sp³-hybridized carbons (Fsp3) is 0.0769. The SMILES string of the molecule is Cc1ccccc1S(=O)(=O)NC(=O)c1cc(C(=O)Nc2ccc(-c3ccccc3)cc2)c(C)o1. The maximum Gasteiger partial charge on any atom is 0.300 e. The third kappa shape index (κ3) is 4.92. The van der Waals surface area contributed by atoms with E-state index in [4.69, 9.17) is 4.42 Å². The van der Waals surface area contributed by atoms with Crippen molar-refractivity contribution in [1.82, 2.24) is 4.72 Å². The van der Waals surface area contributed by atoms with E-state index in [1.54, 1.807) is 37.3 Å². The van der Waals surface area contributed by atoms with E-state index in [0.717, 1.165) is 11.1 Å². The Bertz CT molecular complexity index is 1460. The highest BCUT2D eigenvalue weighted by atomic mass is 32.2. The van der Waals surface area contributed by atoms with Crippen molar-refractivity contribution in [3.63, 3.8) is 0 Å². The lowest BCUT2D eigenvalue weighted by molar-refractivity contribution is 0.0952. The van der Waals surface area contributed by atoms with Crippen LogP contribution >= 0.6 is 0 Å². The zero-order valence-electron chi connectivity index (χ0n) is 18.5. The molecule has 1 heterocycles. The molecule has 0 saturated carbocycles. The summed E-state index contributed by atoms with van der Waals surface area (Å²) in [5, 5.41) is 2.76. The van der Waals surface area contributed by atoms with Gasteiger partial charge >= 0.3 is 5.91 Å². The van der Waals surface area contributed by atoms with Gasteiger partial charge in [-0.15, -0.1) is 0 Å². The van der Waals surface area contributed by atoms with E-state index in [1.807, 2.05) is 47.2 Å². The van der Waals surface area contributed by atoms with Crippen molar-refractivity contribution >= 4 is 27.5 Å². The predicted molar refractivity (Wildman–Crippen MR) is 129 cm³/mol. The molecular weight excluding hydrogens is 452 g/mol. The first-order valence-corrected chi connectivity index (χ1v) is 11.9. The summed E-state index contributed by atoms with van der Waals surface area (Å²) in [5.41, 5.74) is 3.26. The molecule has 7 nitrogen and oxygen atoms in total. The van der Waals surface area contributed by atoms with Crippen molar-refractivity contribution < 1.29 is 22.4 Å². The minimum absolute atomic E-state index is 0.0106. The highest BCUT2D eigenvalue weighted by Crippen LogP contribution is 2.23. The molecule has 0 aliphatic heterocycles. The number of anilines is 1. The summed E-state index contributed by atoms with van der Waals surface area (Å²) in [4.78, 5) is 25.3. The van der Waals surface area contributed by atoms with Crippen LogP contribution in [0, 0.1) is 13.8 Å². The number of amides is 2. The first kappa shape index (κ1) is 23.0. The largest absolute Gasteiger partial charge is 0.455 e. The van der Waals surface area contributed by atoms with Crippen molar-refractivity contribution in [1.29, 1.82) is 0 Å². The van der Waals surface area contributed by atoms with Gasteiger partial charge in [-0.3, -0.25) is 9.59 Å². The van der Waals surface area contributed by atoms with Gasteiger partial charge in [-0.2, -0.15) is 0 Å². The lowest BCUT2D eigenvalue weighted by Crippen LogP contribution is -2.30. The number of nitrogens with one attached hydrogen (secondary N) is 2. The zero-order valence-corrected chi connectivity index (χ0v) is 19.3. The van der Waals surface area contributed by atoms with Gasteiger partial charge in [-0.05, 0) is 48.7 Å². The van der Waals surface area contributed by atoms with Crippen LogP contribution < -0.4 is 10.0 Å². The number of hydrogen-bond acceptors (Lipinski definition) is 5. The van der Waals surface area contributed by atoms with Crippen molar-refractivity contribution in [2.75, 3.05) is 5.32 Å². The number of sulfonamides is 1. The van der Waals surface area contributed by atoms with E-state index in [2.05, 4.69) is 5.32 Å². The number of furan rings is 1. The Hall–Kier alpha value is -4.17. The number of hydrogen-bond donors (Lipinski definition) is 2. The number of rotatable bonds is 6. The Morgan fingerprint density at radius 1 is 0.765 bits per heavy atom. The standard InChI is InChI=1S/C26H22N2O5S/c1-17-8-6-7-11-24(17)34(31,32)28-26(30)23-16-22(18(2)33-23)25(29)27-21-14-12-20(13-15-21)19-9-4-3-5-10-19/h3-16H,1-2H3,(H,27,29)(H,28,30). The smallest absolute Gasteiger partial charge is 0.300 e. The van der Waals surface area contributed by atoms with Gasteiger partial charge in [0.1, 0.15) is 5.76 Å². The molecule has 0 unspecified atom stereocenters. The van der Waals surface area contributed by atoms with Crippen LogP contribution in [-0.4, -0.2) is 20.2 Å². The molecule has 8 heteroatoms. The van der Waals surface area contributed by atoms with Crippen LogP contribution in [0.5, 0.6) is 0 Å². The highest BCUT2D eigenvalue weighted by Gasteiger charge is 2.25. The summed E-state index contributed by atoms with van der Waals surface area (Å²) in [6.07, 6.45) is 0. The van der Waals surface area contributed by atoms with Gasteiger partial charge < -0.3 is 9.73 Å². The average Bonchev–Trinajstić information content (AvgIpc) is 3.22. The molecule has 2 amide bonds. The molecular formula is C26H22N2O5S. The minimum Gasteiger partial charge on any atom is -0.455 e. The monoisotopic (exact) mass is 474 g/mol. The maximum absolute atomic E-state index is 12.8. The molecule has 34 heavy (non-hydrogen) atoms. The van der Waals surface area contributed by atoms with Crippen LogP contribution in [0.3, 0.4) is 0 Å². The van der Waals surface area contributed by atoms with Gasteiger partial charge in [0.15, 0.2) is 5.76 Å². The second kappa shape index (κ2) is 9.36. The minimum atomic E-state index is -4.10. The van der Waals surface area contributed by atoms with Crippen molar-refractivity contribution in [2.45, 2.75) is 18.7 Å². The molecule has 172 valence electrons. The molecule has 1 aromatic heterocycles. The summed E-state index contributed by atoms with van der Waals surface area (Å²) < 4.78 is 32.5. The van der Waals surface area contributed by atoms with E-state index < -0.39 is 21.8 Å². The van der Waals surface area contributed by atoms with Gasteiger partial charge in [0.25, 0.3) is 15.9 Å². The number of aryl methyl sites for hydroxylation is 2. The van der Waals surface area contributed by atoms with Crippen molar-refractivity contribution in [3.8, 4) is 11.1 Å². The van der Waals surface area contributed by atoms with E-state index in [-0.39, 0.29) is 22.0 Å². The molecule has 0 fully saturated rings. The Kier molecular flexibility index (Phi) is 6.34. The van der Waals surface area contributed by atoms with Gasteiger partial charge in [0, 0.05) is 11.8 Å². The zero-order chi connectivity index (χ0) is 24.3. The Labute approximate surface area is 197 Å². The maximum atomic E-state index is 12.8. The lowest BCUT2D eigenvalue weighted by atomic mass is 10.1. The summed E-state index contributed by atoms with van der Waals surface area (Å²) in [6.45, 7) is 3.16. The molecule has 0 aliphatic rings. The quantitative estimate of drug-likeness (QED) is 0.412. The number of benzene rings is 3. The van der Waals surface area contributed by atoms with Crippen molar-refractivity contribution in [2.24, 2.45) is 0 Å². The van der Waals surface area contributed by atoms with Gasteiger partial charge in [0.05, 0.1) is 10.5 Å². The summed E-state index contributed by atoms with van der Waals surface area (Å²) in [6, 6.07) is 24.7. The number of carbonyl (C=O) groups is 2. The van der Waals surface area contributed by atoms with Crippen molar-refractivity contribution in [3.05, 3.63) is 108 Å². The average molecular weight is 475 g/mol. The van der Waals surface area contributed by atoms with Gasteiger partial charge in [-0.1, -0.05) is 60.7 Å². The Balaban J connectivity index is 1.47. The normalized spacial score (nSPS) is 11.1. The topological polar surface area (TPSA) is 105 Å². The Morgan fingerprint density at radius 3 is 2.06 bits per heavy atom. The van der Waals surface area contributed by atoms with Crippen LogP contribution in [0.2, 0.25) is 0 Å². The second-order valence-corrected chi connectivity index (χ2v) is 9.33. The molecule has 0 saturated heterocycles. The summed E-state index contributed by atoms with van der Waals surface area (Å²) >= 11 is 0. The van der Waals surface area contributed by atoms with Gasteiger partial charge in [0.2, 0.25) is 0 Å². The number of carbonyl (C=O) groups excluding carboxylic acids is 2. The Morgan fingerprint density at radius 2 is 1.38 bits per heavy atom. The fourth-order valence-electron chi connectivity index (χ4n) is 3.48. The van der Waals surface area contributed by atoms with E-state index in [0.29, 0.717) is 11.3 Å². The molecule has 0 atom stereocenters.